The van der Waals surface area contributed by atoms with E-state index in [1.807, 2.05) is 37.3 Å². The summed E-state index contributed by atoms with van der Waals surface area (Å²) in [6.45, 7) is 4.87. The second-order valence-electron chi connectivity index (χ2n) is 7.04. The lowest BCUT2D eigenvalue weighted by Gasteiger charge is -2.27. The number of nitrogens with zero attached hydrogens (tertiary/aromatic N) is 4. The number of carbonyl (C=O) groups excluding carboxylic acids is 1. The van der Waals surface area contributed by atoms with Crippen LogP contribution in [0.15, 0.2) is 48.7 Å². The van der Waals surface area contributed by atoms with Crippen LogP contribution in [0.1, 0.15) is 16.1 Å². The zero-order valence-electron chi connectivity index (χ0n) is 17.5. The predicted octanol–water partition coefficient (Wildman–Crippen LogP) is 3.02. The van der Waals surface area contributed by atoms with E-state index in [1.54, 1.807) is 12.1 Å². The number of methoxy groups -OCH3 is 1. The Hall–Kier alpha value is -3.72. The zero-order chi connectivity index (χ0) is 21.6. The van der Waals surface area contributed by atoms with E-state index in [2.05, 4.69) is 30.5 Å². The van der Waals surface area contributed by atoms with E-state index >= 15 is 0 Å². The van der Waals surface area contributed by atoms with Crippen molar-refractivity contribution in [2.45, 2.75) is 6.92 Å². The Bertz CT molecular complexity index is 1030. The molecular formula is C22H24N6O3. The third-order valence-electron chi connectivity index (χ3n) is 4.76. The largest absolute Gasteiger partial charge is 0.481 e. The van der Waals surface area contributed by atoms with Gasteiger partial charge in [0, 0.05) is 48.5 Å². The number of morpholine rings is 1. The van der Waals surface area contributed by atoms with Crippen molar-refractivity contribution in [3.63, 3.8) is 0 Å². The van der Waals surface area contributed by atoms with Crippen molar-refractivity contribution in [2.24, 2.45) is 0 Å². The Labute approximate surface area is 180 Å². The van der Waals surface area contributed by atoms with Crippen molar-refractivity contribution >= 4 is 29.0 Å². The van der Waals surface area contributed by atoms with Gasteiger partial charge in [-0.15, -0.1) is 0 Å². The molecule has 1 aliphatic heterocycles. The number of hydrogen-bond donors (Lipinski definition) is 2. The minimum absolute atomic E-state index is 0.238. The van der Waals surface area contributed by atoms with E-state index in [0.717, 1.165) is 30.3 Å². The van der Waals surface area contributed by atoms with E-state index in [4.69, 9.17) is 9.47 Å². The molecule has 3 heterocycles. The second kappa shape index (κ2) is 9.40. The van der Waals surface area contributed by atoms with Crippen LogP contribution in [0.3, 0.4) is 0 Å². The van der Waals surface area contributed by atoms with Crippen molar-refractivity contribution < 1.29 is 14.3 Å². The number of rotatable bonds is 6. The fourth-order valence-corrected chi connectivity index (χ4v) is 3.15. The monoisotopic (exact) mass is 420 g/mol. The van der Waals surface area contributed by atoms with Crippen molar-refractivity contribution in [2.75, 3.05) is 48.9 Å². The number of pyridine rings is 1. The Kier molecular flexibility index (Phi) is 6.23. The van der Waals surface area contributed by atoms with E-state index < -0.39 is 0 Å². The number of hydrogen-bond acceptors (Lipinski definition) is 8. The average molecular weight is 420 g/mol. The minimum Gasteiger partial charge on any atom is -0.481 e. The molecule has 0 unspecified atom stereocenters. The van der Waals surface area contributed by atoms with Gasteiger partial charge in [-0.2, -0.15) is 4.98 Å². The van der Waals surface area contributed by atoms with Crippen LogP contribution in [-0.4, -0.2) is 54.3 Å². The summed E-state index contributed by atoms with van der Waals surface area (Å²) in [4.78, 5) is 27.7. The van der Waals surface area contributed by atoms with Crippen LogP contribution >= 0.6 is 0 Å². The first-order valence-electron chi connectivity index (χ1n) is 9.97. The highest BCUT2D eigenvalue weighted by Crippen LogP contribution is 2.21. The van der Waals surface area contributed by atoms with E-state index in [1.165, 1.54) is 13.3 Å². The highest BCUT2D eigenvalue weighted by atomic mass is 16.5. The zero-order valence-corrected chi connectivity index (χ0v) is 17.5. The molecule has 0 radical (unpaired) electrons. The lowest BCUT2D eigenvalue weighted by molar-refractivity contribution is 0.102. The smallest absolute Gasteiger partial charge is 0.257 e. The van der Waals surface area contributed by atoms with Gasteiger partial charge in [-0.05, 0) is 37.3 Å². The molecule has 9 heteroatoms. The lowest BCUT2D eigenvalue weighted by atomic mass is 10.2. The SMILES string of the molecule is COc1ccc(C(=O)Nc2ccc(Nc3cc(C)nc(N4CCOCC4)n3)cc2)cn1. The molecule has 3 aromatic rings. The molecule has 1 aliphatic rings. The van der Waals surface area contributed by atoms with Gasteiger partial charge < -0.3 is 25.0 Å². The van der Waals surface area contributed by atoms with Gasteiger partial charge in [-0.3, -0.25) is 4.79 Å². The minimum atomic E-state index is -0.238. The maximum Gasteiger partial charge on any atom is 0.257 e. The number of aryl methyl sites for hydroxylation is 1. The number of aromatic nitrogens is 3. The van der Waals surface area contributed by atoms with Crippen LogP contribution in [0.4, 0.5) is 23.1 Å². The molecule has 0 aliphatic carbocycles. The average Bonchev–Trinajstić information content (AvgIpc) is 2.80. The van der Waals surface area contributed by atoms with Crippen molar-refractivity contribution in [3.8, 4) is 5.88 Å². The molecule has 1 aromatic carbocycles. The first kappa shape index (κ1) is 20.5. The Morgan fingerprint density at radius 3 is 2.48 bits per heavy atom. The fraction of sp³-hybridized carbons (Fsp3) is 0.273. The normalized spacial score (nSPS) is 13.5. The van der Waals surface area contributed by atoms with Crippen LogP contribution in [0, 0.1) is 6.92 Å². The predicted molar refractivity (Wildman–Crippen MR) is 118 cm³/mol. The molecule has 1 fully saturated rings. The molecule has 0 spiro atoms. The van der Waals surface area contributed by atoms with Gasteiger partial charge in [-0.25, -0.2) is 9.97 Å². The first-order valence-corrected chi connectivity index (χ1v) is 9.97. The fourth-order valence-electron chi connectivity index (χ4n) is 3.15. The maximum atomic E-state index is 12.4. The van der Waals surface area contributed by atoms with Crippen LogP contribution in [0.2, 0.25) is 0 Å². The van der Waals surface area contributed by atoms with Crippen molar-refractivity contribution in [1.82, 2.24) is 15.0 Å². The first-order chi connectivity index (χ1) is 15.1. The Morgan fingerprint density at radius 2 is 1.81 bits per heavy atom. The molecule has 0 bridgehead atoms. The molecule has 2 aromatic heterocycles. The summed E-state index contributed by atoms with van der Waals surface area (Å²) in [5, 5.41) is 6.16. The third kappa shape index (κ3) is 5.26. The number of amides is 1. The molecule has 1 saturated heterocycles. The Morgan fingerprint density at radius 1 is 1.06 bits per heavy atom. The van der Waals surface area contributed by atoms with E-state index in [0.29, 0.717) is 36.3 Å². The molecule has 2 N–H and O–H groups in total. The van der Waals surface area contributed by atoms with Crippen molar-refractivity contribution in [3.05, 3.63) is 59.9 Å². The highest BCUT2D eigenvalue weighted by molar-refractivity contribution is 6.04. The molecule has 9 nitrogen and oxygen atoms in total. The molecule has 31 heavy (non-hydrogen) atoms. The Balaban J connectivity index is 1.41. The number of carbonyl (C=O) groups is 1. The number of anilines is 4. The highest BCUT2D eigenvalue weighted by Gasteiger charge is 2.15. The lowest BCUT2D eigenvalue weighted by Crippen LogP contribution is -2.37. The van der Waals surface area contributed by atoms with Gasteiger partial charge in [0.25, 0.3) is 5.91 Å². The molecule has 1 amide bonds. The third-order valence-corrected chi connectivity index (χ3v) is 4.76. The van der Waals surface area contributed by atoms with Gasteiger partial charge in [-0.1, -0.05) is 0 Å². The number of benzene rings is 1. The number of nitrogens with one attached hydrogen (secondary N) is 2. The van der Waals surface area contributed by atoms with E-state index in [9.17, 15) is 4.79 Å². The van der Waals surface area contributed by atoms with Gasteiger partial charge in [0.15, 0.2) is 0 Å². The summed E-state index contributed by atoms with van der Waals surface area (Å²) in [7, 11) is 1.53. The maximum absolute atomic E-state index is 12.4. The standard InChI is InChI=1S/C22H24N6O3/c1-15-13-19(27-22(24-15)28-9-11-31-12-10-28)25-17-4-6-18(7-5-17)26-21(29)16-3-8-20(30-2)23-14-16/h3-8,13-14H,9-12H2,1-2H3,(H,26,29)(H,24,25,27). The molecule has 0 saturated carbocycles. The summed E-state index contributed by atoms with van der Waals surface area (Å²) >= 11 is 0. The summed E-state index contributed by atoms with van der Waals surface area (Å²) in [5.74, 6) is 1.64. The van der Waals surface area contributed by atoms with Crippen molar-refractivity contribution in [1.29, 1.82) is 0 Å². The van der Waals surface area contributed by atoms with E-state index in [-0.39, 0.29) is 5.91 Å². The van der Waals surface area contributed by atoms with Gasteiger partial charge in [0.1, 0.15) is 5.82 Å². The van der Waals surface area contributed by atoms with Gasteiger partial charge >= 0.3 is 0 Å². The van der Waals surface area contributed by atoms with Crippen LogP contribution in [0.5, 0.6) is 5.88 Å². The summed E-state index contributed by atoms with van der Waals surface area (Å²) in [6.07, 6.45) is 1.48. The molecule has 4 rings (SSSR count). The summed E-state index contributed by atoms with van der Waals surface area (Å²) < 4.78 is 10.4. The molecular weight excluding hydrogens is 396 g/mol. The summed E-state index contributed by atoms with van der Waals surface area (Å²) in [5.41, 5.74) is 2.88. The quantitative estimate of drug-likeness (QED) is 0.628. The molecule has 160 valence electrons. The van der Waals surface area contributed by atoms with Gasteiger partial charge in [0.2, 0.25) is 11.8 Å². The number of ether oxygens (including phenoxy) is 2. The summed E-state index contributed by atoms with van der Waals surface area (Å²) in [6, 6.07) is 12.6. The molecule has 0 atom stereocenters. The van der Waals surface area contributed by atoms with Gasteiger partial charge in [0.05, 0.1) is 25.9 Å². The second-order valence-corrected chi connectivity index (χ2v) is 7.04. The van der Waals surface area contributed by atoms with Crippen LogP contribution in [-0.2, 0) is 4.74 Å². The topological polar surface area (TPSA) is 102 Å². The van der Waals surface area contributed by atoms with Crippen LogP contribution in [0.25, 0.3) is 0 Å². The van der Waals surface area contributed by atoms with Crippen LogP contribution < -0.4 is 20.3 Å².